The van der Waals surface area contributed by atoms with E-state index in [1.54, 1.807) is 32.6 Å². The van der Waals surface area contributed by atoms with Crippen LogP contribution in [0.15, 0.2) is 12.4 Å². The van der Waals surface area contributed by atoms with Gasteiger partial charge in [0.25, 0.3) is 0 Å². The van der Waals surface area contributed by atoms with Crippen molar-refractivity contribution in [2.45, 2.75) is 72.3 Å². The van der Waals surface area contributed by atoms with E-state index in [-0.39, 0.29) is 29.2 Å². The number of anilines is 1. The van der Waals surface area contributed by atoms with E-state index in [0.717, 1.165) is 6.08 Å². The Morgan fingerprint density at radius 2 is 1.79 bits per heavy atom. The lowest BCUT2D eigenvalue weighted by molar-refractivity contribution is -0.0690. The number of hydrogen-bond donors (Lipinski definition) is 0. The summed E-state index contributed by atoms with van der Waals surface area (Å²) in [5, 5.41) is 0. The van der Waals surface area contributed by atoms with Crippen LogP contribution >= 0.6 is 0 Å². The minimum Gasteiger partial charge on any atom is -0.444 e. The zero-order chi connectivity index (χ0) is 22.1. The highest BCUT2D eigenvalue weighted by atomic mass is 19.4. The molecule has 2 rings (SSSR count). The van der Waals surface area contributed by atoms with Crippen molar-refractivity contribution in [3.63, 3.8) is 0 Å². The molecule has 9 heteroatoms. The van der Waals surface area contributed by atoms with Crippen LogP contribution in [0.25, 0.3) is 5.57 Å². The minimum atomic E-state index is -4.52. The number of carbonyl (C=O) groups is 1. The molecule has 0 spiro atoms. The van der Waals surface area contributed by atoms with E-state index in [4.69, 9.17) is 4.74 Å². The molecule has 0 saturated carbocycles. The second-order valence-corrected chi connectivity index (χ2v) is 8.34. The molecule has 1 amide bonds. The Kier molecular flexibility index (Phi) is 6.49. The average molecular weight is 414 g/mol. The number of carbonyl (C=O) groups excluding carboxylic acids is 1. The van der Waals surface area contributed by atoms with E-state index in [0.29, 0.717) is 13.1 Å². The molecular weight excluding hydrogens is 385 g/mol. The number of hydrogen-bond acceptors (Lipinski definition) is 5. The first-order valence-corrected chi connectivity index (χ1v) is 9.58. The summed E-state index contributed by atoms with van der Waals surface area (Å²) in [5.74, 6) is 0.228. The predicted molar refractivity (Wildman–Crippen MR) is 106 cm³/mol. The molecule has 1 aromatic rings. The summed E-state index contributed by atoms with van der Waals surface area (Å²) in [6, 6.07) is -0.512. The van der Waals surface area contributed by atoms with Gasteiger partial charge in [-0.3, -0.25) is 0 Å². The van der Waals surface area contributed by atoms with Crippen molar-refractivity contribution in [3.05, 3.63) is 23.7 Å². The van der Waals surface area contributed by atoms with Gasteiger partial charge in [-0.2, -0.15) is 13.2 Å². The summed E-state index contributed by atoms with van der Waals surface area (Å²) in [7, 11) is 0. The number of halogens is 3. The van der Waals surface area contributed by atoms with Crippen LogP contribution in [-0.2, 0) is 4.74 Å². The quantitative estimate of drug-likeness (QED) is 0.709. The van der Waals surface area contributed by atoms with Crippen LogP contribution in [0.3, 0.4) is 0 Å². The molecule has 162 valence electrons. The van der Waals surface area contributed by atoms with Gasteiger partial charge in [-0.1, -0.05) is 6.08 Å². The first-order chi connectivity index (χ1) is 13.3. The number of amides is 1. The third kappa shape index (κ3) is 5.19. The zero-order valence-corrected chi connectivity index (χ0v) is 18.0. The summed E-state index contributed by atoms with van der Waals surface area (Å²) >= 11 is 0. The molecule has 0 N–H and O–H groups in total. The van der Waals surface area contributed by atoms with Gasteiger partial charge in [0, 0.05) is 25.2 Å². The van der Waals surface area contributed by atoms with E-state index in [1.165, 1.54) is 13.3 Å². The fraction of sp³-hybridized carbons (Fsp3) is 0.650. The van der Waals surface area contributed by atoms with Crippen LogP contribution < -0.4 is 4.90 Å². The van der Waals surface area contributed by atoms with Crippen molar-refractivity contribution in [3.8, 4) is 0 Å². The molecule has 0 aromatic carbocycles. The van der Waals surface area contributed by atoms with Gasteiger partial charge in [-0.25, -0.2) is 14.8 Å². The first-order valence-electron chi connectivity index (χ1n) is 9.58. The van der Waals surface area contributed by atoms with Gasteiger partial charge >= 0.3 is 12.3 Å². The van der Waals surface area contributed by atoms with Crippen LogP contribution in [0.5, 0.6) is 0 Å². The maximum atomic E-state index is 13.6. The maximum absolute atomic E-state index is 13.6. The SMILES string of the molecule is C/C=C(\c1c(C)ncnc1N1CC(C)N(C(=O)OC(C)(C)C)C[C@@H]1C)C(F)(F)F. The number of piperazine rings is 1. The third-order valence-electron chi connectivity index (χ3n) is 4.77. The Bertz CT molecular complexity index is 787. The van der Waals surface area contributed by atoms with Gasteiger partial charge in [-0.05, 0) is 48.5 Å². The lowest BCUT2D eigenvalue weighted by atomic mass is 10.0. The molecule has 1 aliphatic heterocycles. The summed E-state index contributed by atoms with van der Waals surface area (Å²) in [6.07, 6.45) is -2.64. The van der Waals surface area contributed by atoms with Crippen molar-refractivity contribution < 1.29 is 22.7 Å². The topological polar surface area (TPSA) is 58.6 Å². The number of aromatic nitrogens is 2. The number of allylic oxidation sites excluding steroid dienone is 2. The normalized spacial score (nSPS) is 21.4. The molecule has 2 atom stereocenters. The third-order valence-corrected chi connectivity index (χ3v) is 4.77. The number of rotatable bonds is 2. The van der Waals surface area contributed by atoms with Crippen LogP contribution in [0.1, 0.15) is 52.8 Å². The molecule has 1 fully saturated rings. The monoisotopic (exact) mass is 414 g/mol. The first kappa shape index (κ1) is 23.0. The van der Waals surface area contributed by atoms with E-state index < -0.39 is 23.4 Å². The Balaban J connectivity index is 2.39. The highest BCUT2D eigenvalue weighted by Crippen LogP contribution is 2.40. The summed E-state index contributed by atoms with van der Waals surface area (Å²) in [5.41, 5.74) is -1.15. The molecule has 6 nitrogen and oxygen atoms in total. The van der Waals surface area contributed by atoms with Crippen LogP contribution in [0.4, 0.5) is 23.8 Å². The lowest BCUT2D eigenvalue weighted by Gasteiger charge is -2.45. The van der Waals surface area contributed by atoms with E-state index in [9.17, 15) is 18.0 Å². The number of aryl methyl sites for hydroxylation is 1. The standard InChI is InChI=1S/C20H29F3N4O2/c1-8-15(20(21,22)23)16-14(4)24-11-25-17(16)26-9-13(3)27(10-12(26)2)18(28)29-19(5,6)7/h8,11-13H,9-10H2,1-7H3/b15-8+/t12-,13?/m0/s1. The maximum Gasteiger partial charge on any atom is 0.416 e. The second kappa shape index (κ2) is 8.20. The van der Waals surface area contributed by atoms with Gasteiger partial charge < -0.3 is 14.5 Å². The molecule has 1 saturated heterocycles. The molecule has 0 bridgehead atoms. The summed E-state index contributed by atoms with van der Waals surface area (Å²) < 4.78 is 46.3. The number of ether oxygens (including phenoxy) is 1. The van der Waals surface area contributed by atoms with Crippen molar-refractivity contribution >= 4 is 17.5 Å². The van der Waals surface area contributed by atoms with E-state index in [2.05, 4.69) is 9.97 Å². The summed E-state index contributed by atoms with van der Waals surface area (Å²) in [6.45, 7) is 12.6. The average Bonchev–Trinajstić information content (AvgIpc) is 2.56. The molecular formula is C20H29F3N4O2. The zero-order valence-electron chi connectivity index (χ0n) is 18.0. The van der Waals surface area contributed by atoms with Gasteiger partial charge in [0.2, 0.25) is 0 Å². The van der Waals surface area contributed by atoms with Crippen molar-refractivity contribution in [2.75, 3.05) is 18.0 Å². The fourth-order valence-electron chi connectivity index (χ4n) is 3.44. The molecule has 1 aliphatic rings. The van der Waals surface area contributed by atoms with Crippen LogP contribution in [0.2, 0.25) is 0 Å². The van der Waals surface area contributed by atoms with Crippen molar-refractivity contribution in [2.24, 2.45) is 0 Å². The van der Waals surface area contributed by atoms with Gasteiger partial charge in [-0.15, -0.1) is 0 Å². The van der Waals surface area contributed by atoms with Gasteiger partial charge in [0.15, 0.2) is 0 Å². The molecule has 0 aliphatic carbocycles. The predicted octanol–water partition coefficient (Wildman–Crippen LogP) is 4.58. The van der Waals surface area contributed by atoms with Crippen molar-refractivity contribution in [1.82, 2.24) is 14.9 Å². The number of nitrogens with zero attached hydrogens (tertiary/aromatic N) is 4. The second-order valence-electron chi connectivity index (χ2n) is 8.34. The van der Waals surface area contributed by atoms with Gasteiger partial charge in [0.05, 0.1) is 16.8 Å². The van der Waals surface area contributed by atoms with Gasteiger partial charge in [0.1, 0.15) is 17.7 Å². The largest absolute Gasteiger partial charge is 0.444 e. The van der Waals surface area contributed by atoms with E-state index >= 15 is 0 Å². The van der Waals surface area contributed by atoms with E-state index in [1.807, 2.05) is 18.7 Å². The lowest BCUT2D eigenvalue weighted by Crippen LogP contribution is -2.59. The van der Waals surface area contributed by atoms with Crippen molar-refractivity contribution in [1.29, 1.82) is 0 Å². The summed E-state index contributed by atoms with van der Waals surface area (Å²) in [4.78, 5) is 24.1. The van der Waals surface area contributed by atoms with Crippen LogP contribution in [-0.4, -0.2) is 57.9 Å². The molecule has 1 aromatic heterocycles. The highest BCUT2D eigenvalue weighted by molar-refractivity contribution is 5.79. The molecule has 0 radical (unpaired) electrons. The Hall–Kier alpha value is -2.32. The Morgan fingerprint density at radius 3 is 2.31 bits per heavy atom. The molecule has 1 unspecified atom stereocenters. The molecule has 29 heavy (non-hydrogen) atoms. The van der Waals surface area contributed by atoms with Crippen LogP contribution in [0, 0.1) is 6.92 Å². The highest BCUT2D eigenvalue weighted by Gasteiger charge is 2.40. The minimum absolute atomic E-state index is 0.0210. The number of alkyl halides is 3. The fourth-order valence-corrected chi connectivity index (χ4v) is 3.44. The Labute approximate surface area is 169 Å². The molecule has 2 heterocycles. The smallest absolute Gasteiger partial charge is 0.416 e. The Morgan fingerprint density at radius 1 is 1.17 bits per heavy atom.